The van der Waals surface area contributed by atoms with Crippen molar-refractivity contribution in [2.24, 2.45) is 11.7 Å². The summed E-state index contributed by atoms with van der Waals surface area (Å²) >= 11 is 0. The molecule has 100 valence electrons. The molecule has 1 rings (SSSR count). The van der Waals surface area contributed by atoms with Crippen molar-refractivity contribution in [1.82, 2.24) is 4.90 Å². The van der Waals surface area contributed by atoms with Crippen LogP contribution in [0.1, 0.15) is 13.3 Å². The second-order valence-corrected chi connectivity index (χ2v) is 4.21. The normalized spacial score (nSPS) is 24.6. The molecule has 4 nitrogen and oxygen atoms in total. The fraction of sp³-hybridized carbons (Fsp3) is 0.900. The summed E-state index contributed by atoms with van der Waals surface area (Å²) in [6.45, 7) is 3.03. The van der Waals surface area contributed by atoms with Crippen LogP contribution in [0.2, 0.25) is 0 Å². The predicted octanol–water partition coefficient (Wildman–Crippen LogP) is 1.21. The highest BCUT2D eigenvalue weighted by molar-refractivity contribution is 5.80. The van der Waals surface area contributed by atoms with Gasteiger partial charge in [0, 0.05) is 19.6 Å². The third kappa shape index (κ3) is 4.16. The Balaban J connectivity index is 2.58. The van der Waals surface area contributed by atoms with Gasteiger partial charge in [0.2, 0.25) is 0 Å². The van der Waals surface area contributed by atoms with Crippen molar-refractivity contribution >= 4 is 5.84 Å². The molecule has 1 saturated heterocycles. The van der Waals surface area contributed by atoms with E-state index in [1.165, 1.54) is 0 Å². The topological polar surface area (TPSA) is 62.3 Å². The van der Waals surface area contributed by atoms with Gasteiger partial charge in [0.05, 0.1) is 12.7 Å². The lowest BCUT2D eigenvalue weighted by atomic mass is 10.1. The van der Waals surface area contributed by atoms with Gasteiger partial charge in [0.25, 0.3) is 0 Å². The first-order valence-electron chi connectivity index (χ1n) is 5.59. The first-order chi connectivity index (χ1) is 7.84. The van der Waals surface area contributed by atoms with Gasteiger partial charge in [-0.2, -0.15) is 13.2 Å². The molecule has 0 saturated carbocycles. The number of ether oxygens (including phenoxy) is 1. The van der Waals surface area contributed by atoms with Gasteiger partial charge in [-0.3, -0.25) is 10.3 Å². The van der Waals surface area contributed by atoms with Crippen LogP contribution in [0.25, 0.3) is 0 Å². The van der Waals surface area contributed by atoms with E-state index in [1.54, 1.807) is 4.90 Å². The minimum atomic E-state index is -4.45. The van der Waals surface area contributed by atoms with E-state index in [9.17, 15) is 13.2 Å². The molecule has 0 aromatic carbocycles. The molecule has 0 bridgehead atoms. The Hall–Kier alpha value is -0.820. The van der Waals surface area contributed by atoms with E-state index in [2.05, 4.69) is 0 Å². The molecule has 1 fully saturated rings. The van der Waals surface area contributed by atoms with E-state index in [0.29, 0.717) is 19.7 Å². The summed E-state index contributed by atoms with van der Waals surface area (Å²) < 4.78 is 43.3. The highest BCUT2D eigenvalue weighted by Gasteiger charge is 2.43. The number of nitrogens with two attached hydrogens (primary N) is 1. The molecular weight excluding hydrogens is 235 g/mol. The molecule has 1 heterocycles. The van der Waals surface area contributed by atoms with Gasteiger partial charge in [-0.25, -0.2) is 0 Å². The van der Waals surface area contributed by atoms with Crippen molar-refractivity contribution in [2.75, 3.05) is 26.2 Å². The number of nitrogens with one attached hydrogen (secondary N) is 1. The molecular formula is C10H18F3N3O. The van der Waals surface area contributed by atoms with Crippen LogP contribution in [0, 0.1) is 11.3 Å². The van der Waals surface area contributed by atoms with Gasteiger partial charge in [0.1, 0.15) is 11.8 Å². The second-order valence-electron chi connectivity index (χ2n) is 4.21. The Labute approximate surface area is 98.4 Å². The van der Waals surface area contributed by atoms with Crippen LogP contribution in [-0.4, -0.2) is 49.3 Å². The van der Waals surface area contributed by atoms with E-state index in [4.69, 9.17) is 15.9 Å². The maximum Gasteiger partial charge on any atom is 0.399 e. The molecule has 1 aliphatic rings. The zero-order chi connectivity index (χ0) is 13.1. The van der Waals surface area contributed by atoms with Gasteiger partial charge >= 0.3 is 6.18 Å². The van der Waals surface area contributed by atoms with Crippen molar-refractivity contribution in [3.8, 4) is 0 Å². The molecule has 0 aliphatic carbocycles. The monoisotopic (exact) mass is 253 g/mol. The van der Waals surface area contributed by atoms with Crippen molar-refractivity contribution in [1.29, 1.82) is 5.41 Å². The fourth-order valence-corrected chi connectivity index (χ4v) is 1.83. The number of morpholine rings is 1. The smallest absolute Gasteiger partial charge is 0.387 e. The number of amidine groups is 1. The minimum absolute atomic E-state index is 0.0235. The van der Waals surface area contributed by atoms with E-state index >= 15 is 0 Å². The van der Waals surface area contributed by atoms with E-state index in [-0.39, 0.29) is 12.6 Å². The summed E-state index contributed by atoms with van der Waals surface area (Å²) in [6, 6.07) is 0. The summed E-state index contributed by atoms with van der Waals surface area (Å²) in [5, 5.41) is 7.02. The van der Waals surface area contributed by atoms with Crippen LogP contribution in [0.5, 0.6) is 0 Å². The second kappa shape index (κ2) is 5.68. The maximum absolute atomic E-state index is 12.6. The van der Waals surface area contributed by atoms with Gasteiger partial charge in [-0.1, -0.05) is 6.92 Å². The van der Waals surface area contributed by atoms with Gasteiger partial charge in [0.15, 0.2) is 0 Å². The lowest BCUT2D eigenvalue weighted by molar-refractivity contribution is -0.163. The third-order valence-electron chi connectivity index (χ3n) is 2.89. The molecule has 0 aromatic heterocycles. The summed E-state index contributed by atoms with van der Waals surface area (Å²) in [5.74, 6) is -2.70. The summed E-state index contributed by atoms with van der Waals surface area (Å²) in [5.41, 5.74) is 5.01. The van der Waals surface area contributed by atoms with Crippen LogP contribution in [0.15, 0.2) is 0 Å². The molecule has 2 atom stereocenters. The fourth-order valence-electron chi connectivity index (χ4n) is 1.83. The Morgan fingerprint density at radius 1 is 1.59 bits per heavy atom. The highest BCUT2D eigenvalue weighted by atomic mass is 19.4. The van der Waals surface area contributed by atoms with Crippen LogP contribution in [-0.2, 0) is 4.74 Å². The first-order valence-corrected chi connectivity index (χ1v) is 5.59. The minimum Gasteiger partial charge on any atom is -0.387 e. The van der Waals surface area contributed by atoms with Crippen LogP contribution < -0.4 is 5.73 Å². The zero-order valence-electron chi connectivity index (χ0n) is 9.76. The van der Waals surface area contributed by atoms with Gasteiger partial charge < -0.3 is 10.5 Å². The van der Waals surface area contributed by atoms with E-state index < -0.39 is 17.9 Å². The molecule has 3 N–H and O–H groups in total. The number of nitrogens with zero attached hydrogens (tertiary/aromatic N) is 1. The SMILES string of the molecule is CCC1CN(CC(C(=N)N)C(F)(F)F)CCO1. The lowest BCUT2D eigenvalue weighted by Crippen LogP contribution is -2.49. The van der Waals surface area contributed by atoms with Crippen molar-refractivity contribution in [3.63, 3.8) is 0 Å². The molecule has 0 radical (unpaired) electrons. The average Bonchev–Trinajstić information content (AvgIpc) is 2.24. The quantitative estimate of drug-likeness (QED) is 0.585. The molecule has 0 aromatic rings. The highest BCUT2D eigenvalue weighted by Crippen LogP contribution is 2.27. The molecule has 17 heavy (non-hydrogen) atoms. The van der Waals surface area contributed by atoms with Crippen molar-refractivity contribution < 1.29 is 17.9 Å². The Morgan fingerprint density at radius 2 is 2.24 bits per heavy atom. The molecule has 0 spiro atoms. The summed E-state index contributed by atoms with van der Waals surface area (Å²) in [4.78, 5) is 1.66. The van der Waals surface area contributed by atoms with E-state index in [0.717, 1.165) is 6.42 Å². The number of alkyl halides is 3. The summed E-state index contributed by atoms with van der Waals surface area (Å²) in [6.07, 6.45) is -3.70. The summed E-state index contributed by atoms with van der Waals surface area (Å²) in [7, 11) is 0. The van der Waals surface area contributed by atoms with Crippen molar-refractivity contribution in [3.05, 3.63) is 0 Å². The number of hydrogen-bond acceptors (Lipinski definition) is 3. The number of rotatable bonds is 4. The molecule has 0 amide bonds. The Kier molecular flexibility index (Phi) is 4.76. The van der Waals surface area contributed by atoms with Crippen LogP contribution >= 0.6 is 0 Å². The molecule has 2 unspecified atom stereocenters. The predicted molar refractivity (Wildman–Crippen MR) is 57.9 cm³/mol. The maximum atomic E-state index is 12.6. The number of hydrogen-bond donors (Lipinski definition) is 2. The Bertz CT molecular complexity index is 270. The van der Waals surface area contributed by atoms with Gasteiger partial charge in [-0.15, -0.1) is 0 Å². The third-order valence-corrected chi connectivity index (χ3v) is 2.89. The molecule has 1 aliphatic heterocycles. The largest absolute Gasteiger partial charge is 0.399 e. The number of halogens is 3. The standard InChI is InChI=1S/C10H18F3N3O/c1-2-7-5-16(3-4-17-7)6-8(9(14)15)10(11,12)13/h7-8H,2-6H2,1H3,(H3,14,15). The van der Waals surface area contributed by atoms with Gasteiger partial charge in [-0.05, 0) is 6.42 Å². The molecule has 7 heteroatoms. The average molecular weight is 253 g/mol. The zero-order valence-corrected chi connectivity index (χ0v) is 9.76. The van der Waals surface area contributed by atoms with E-state index in [1.807, 2.05) is 6.92 Å². The van der Waals surface area contributed by atoms with Crippen LogP contribution in [0.3, 0.4) is 0 Å². The Morgan fingerprint density at radius 3 is 2.71 bits per heavy atom. The lowest BCUT2D eigenvalue weighted by Gasteiger charge is -2.34. The van der Waals surface area contributed by atoms with Crippen LogP contribution in [0.4, 0.5) is 13.2 Å². The first kappa shape index (κ1) is 14.2. The van der Waals surface area contributed by atoms with Crippen molar-refractivity contribution in [2.45, 2.75) is 25.6 Å².